The van der Waals surface area contributed by atoms with E-state index >= 15 is 0 Å². The molecule has 0 unspecified atom stereocenters. The number of hydrogen-bond donors (Lipinski definition) is 0. The summed E-state index contributed by atoms with van der Waals surface area (Å²) in [6.45, 7) is 7.51. The number of thiazole rings is 1. The van der Waals surface area contributed by atoms with E-state index in [1.54, 1.807) is 11.3 Å². The first-order chi connectivity index (χ1) is 7.33. The van der Waals surface area contributed by atoms with Crippen LogP contribution in [0.15, 0.2) is 5.38 Å². The van der Waals surface area contributed by atoms with Gasteiger partial charge >= 0.3 is 0 Å². The fourth-order valence-electron chi connectivity index (χ4n) is 1.73. The normalized spacial score (nSPS) is 18.1. The van der Waals surface area contributed by atoms with Crippen LogP contribution in [-0.2, 0) is 0 Å². The lowest BCUT2D eigenvalue weighted by atomic mass is 10.3. The van der Waals surface area contributed by atoms with Crippen molar-refractivity contribution in [3.8, 4) is 0 Å². The number of anilines is 1. The molecular formula is C10H15N3OS. The van der Waals surface area contributed by atoms with E-state index < -0.39 is 0 Å². The molecule has 1 aromatic rings. The fourth-order valence-corrected chi connectivity index (χ4v) is 2.56. The highest BCUT2D eigenvalue weighted by Crippen LogP contribution is 2.20. The maximum absolute atomic E-state index is 10.5. The van der Waals surface area contributed by atoms with E-state index in [9.17, 15) is 4.79 Å². The van der Waals surface area contributed by atoms with Crippen LogP contribution in [0.5, 0.6) is 0 Å². The predicted octanol–water partition coefficient (Wildman–Crippen LogP) is 1.10. The van der Waals surface area contributed by atoms with Crippen LogP contribution in [0.25, 0.3) is 0 Å². The minimum absolute atomic E-state index is 0.549. The first-order valence-electron chi connectivity index (χ1n) is 5.21. The molecule has 15 heavy (non-hydrogen) atoms. The van der Waals surface area contributed by atoms with E-state index in [1.165, 1.54) is 0 Å². The zero-order chi connectivity index (χ0) is 10.7. The highest BCUT2D eigenvalue weighted by molar-refractivity contribution is 7.13. The number of aromatic nitrogens is 1. The van der Waals surface area contributed by atoms with Gasteiger partial charge in [0.05, 0.1) is 0 Å². The van der Waals surface area contributed by atoms with Crippen LogP contribution in [-0.4, -0.2) is 48.9 Å². The van der Waals surface area contributed by atoms with Gasteiger partial charge in [-0.15, -0.1) is 11.3 Å². The summed E-state index contributed by atoms with van der Waals surface area (Å²) < 4.78 is 0. The number of likely N-dealkylation sites (N-methyl/N-ethyl adjacent to an activating group) is 1. The Labute approximate surface area is 93.5 Å². The van der Waals surface area contributed by atoms with E-state index in [4.69, 9.17) is 0 Å². The SMILES string of the molecule is CCN1CCN(c2nc(C=O)cs2)CC1. The molecule has 0 radical (unpaired) electrons. The van der Waals surface area contributed by atoms with Gasteiger partial charge in [-0.1, -0.05) is 6.92 Å². The standard InChI is InChI=1S/C10H15N3OS/c1-2-12-3-5-13(6-4-12)10-11-9(7-14)8-15-10/h7-8H,2-6H2,1H3. The molecule has 2 heterocycles. The predicted molar refractivity (Wildman–Crippen MR) is 61.8 cm³/mol. The van der Waals surface area contributed by atoms with Crippen molar-refractivity contribution >= 4 is 22.8 Å². The van der Waals surface area contributed by atoms with E-state index in [0.29, 0.717) is 5.69 Å². The number of hydrogen-bond acceptors (Lipinski definition) is 5. The van der Waals surface area contributed by atoms with Crippen molar-refractivity contribution in [1.82, 2.24) is 9.88 Å². The molecule has 0 aliphatic carbocycles. The molecule has 4 nitrogen and oxygen atoms in total. The van der Waals surface area contributed by atoms with Crippen molar-refractivity contribution in [2.75, 3.05) is 37.6 Å². The van der Waals surface area contributed by atoms with Crippen molar-refractivity contribution in [2.24, 2.45) is 0 Å². The van der Waals surface area contributed by atoms with Crippen molar-refractivity contribution in [1.29, 1.82) is 0 Å². The Morgan fingerprint density at radius 3 is 2.73 bits per heavy atom. The molecule has 1 aromatic heterocycles. The Bertz CT molecular complexity index is 331. The van der Waals surface area contributed by atoms with Gasteiger partial charge in [0.2, 0.25) is 0 Å². The van der Waals surface area contributed by atoms with Crippen LogP contribution < -0.4 is 4.90 Å². The summed E-state index contributed by atoms with van der Waals surface area (Å²) in [7, 11) is 0. The summed E-state index contributed by atoms with van der Waals surface area (Å²) in [4.78, 5) is 19.5. The zero-order valence-corrected chi connectivity index (χ0v) is 9.66. The van der Waals surface area contributed by atoms with Gasteiger partial charge in [0.25, 0.3) is 0 Å². The fraction of sp³-hybridized carbons (Fsp3) is 0.600. The Hall–Kier alpha value is -0.940. The average molecular weight is 225 g/mol. The van der Waals surface area contributed by atoms with Crippen LogP contribution >= 0.6 is 11.3 Å². The van der Waals surface area contributed by atoms with Gasteiger partial charge < -0.3 is 9.80 Å². The first-order valence-corrected chi connectivity index (χ1v) is 6.09. The minimum Gasteiger partial charge on any atom is -0.346 e. The molecule has 1 saturated heterocycles. The van der Waals surface area contributed by atoms with Crippen LogP contribution in [0.3, 0.4) is 0 Å². The first kappa shape index (κ1) is 10.6. The summed E-state index contributed by atoms with van der Waals surface area (Å²) >= 11 is 1.55. The van der Waals surface area contributed by atoms with Gasteiger partial charge in [0, 0.05) is 31.6 Å². The third-order valence-corrected chi connectivity index (χ3v) is 3.64. The van der Waals surface area contributed by atoms with Crippen LogP contribution in [0.4, 0.5) is 5.13 Å². The van der Waals surface area contributed by atoms with Gasteiger partial charge in [0.15, 0.2) is 11.4 Å². The number of carbonyl (C=O) groups is 1. The van der Waals surface area contributed by atoms with Crippen molar-refractivity contribution < 1.29 is 4.79 Å². The maximum atomic E-state index is 10.5. The lowest BCUT2D eigenvalue weighted by Gasteiger charge is -2.33. The number of carbonyl (C=O) groups excluding carboxylic acids is 1. The molecule has 0 saturated carbocycles. The molecule has 0 spiro atoms. The molecule has 0 aromatic carbocycles. The van der Waals surface area contributed by atoms with Crippen molar-refractivity contribution in [3.63, 3.8) is 0 Å². The molecule has 1 aliphatic heterocycles. The Kier molecular flexibility index (Phi) is 3.33. The van der Waals surface area contributed by atoms with E-state index in [1.807, 2.05) is 5.38 Å². The van der Waals surface area contributed by atoms with Gasteiger partial charge in [0.1, 0.15) is 5.69 Å². The van der Waals surface area contributed by atoms with Crippen LogP contribution in [0.2, 0.25) is 0 Å². The van der Waals surface area contributed by atoms with E-state index in [-0.39, 0.29) is 0 Å². The Morgan fingerprint density at radius 2 is 2.20 bits per heavy atom. The molecule has 0 bridgehead atoms. The number of piperazine rings is 1. The van der Waals surface area contributed by atoms with Gasteiger partial charge in [-0.25, -0.2) is 4.98 Å². The second-order valence-electron chi connectivity index (χ2n) is 3.59. The largest absolute Gasteiger partial charge is 0.346 e. The van der Waals surface area contributed by atoms with Gasteiger partial charge in [-0.2, -0.15) is 0 Å². The summed E-state index contributed by atoms with van der Waals surface area (Å²) in [6, 6.07) is 0. The highest BCUT2D eigenvalue weighted by atomic mass is 32.1. The number of rotatable bonds is 3. The van der Waals surface area contributed by atoms with Crippen molar-refractivity contribution in [2.45, 2.75) is 6.92 Å². The quantitative estimate of drug-likeness (QED) is 0.722. The van der Waals surface area contributed by atoms with E-state index in [0.717, 1.165) is 44.1 Å². The van der Waals surface area contributed by atoms with Crippen LogP contribution in [0.1, 0.15) is 17.4 Å². The molecule has 1 fully saturated rings. The maximum Gasteiger partial charge on any atom is 0.186 e. The molecule has 0 amide bonds. The topological polar surface area (TPSA) is 36.4 Å². The lowest BCUT2D eigenvalue weighted by Crippen LogP contribution is -2.46. The molecular weight excluding hydrogens is 210 g/mol. The monoisotopic (exact) mass is 225 g/mol. The summed E-state index contributed by atoms with van der Waals surface area (Å²) in [5.74, 6) is 0. The lowest BCUT2D eigenvalue weighted by molar-refractivity contribution is 0.111. The summed E-state index contributed by atoms with van der Waals surface area (Å²) in [5.41, 5.74) is 0.549. The third-order valence-electron chi connectivity index (χ3n) is 2.72. The molecule has 0 N–H and O–H groups in total. The van der Waals surface area contributed by atoms with E-state index in [2.05, 4.69) is 21.7 Å². The Balaban J connectivity index is 1.97. The number of nitrogens with zero attached hydrogens (tertiary/aromatic N) is 3. The zero-order valence-electron chi connectivity index (χ0n) is 8.85. The summed E-state index contributed by atoms with van der Waals surface area (Å²) in [5, 5.41) is 2.79. The second kappa shape index (κ2) is 4.72. The second-order valence-corrected chi connectivity index (χ2v) is 4.43. The summed E-state index contributed by atoms with van der Waals surface area (Å²) in [6.07, 6.45) is 0.808. The van der Waals surface area contributed by atoms with Gasteiger partial charge in [-0.05, 0) is 6.54 Å². The Morgan fingerprint density at radius 1 is 1.47 bits per heavy atom. The molecule has 82 valence electrons. The molecule has 0 atom stereocenters. The minimum atomic E-state index is 0.549. The third kappa shape index (κ3) is 2.35. The molecule has 5 heteroatoms. The average Bonchev–Trinajstić information content (AvgIpc) is 2.78. The van der Waals surface area contributed by atoms with Crippen molar-refractivity contribution in [3.05, 3.63) is 11.1 Å². The molecule has 2 rings (SSSR count). The smallest absolute Gasteiger partial charge is 0.186 e. The number of aldehydes is 1. The van der Waals surface area contributed by atoms with Gasteiger partial charge in [-0.3, -0.25) is 4.79 Å². The molecule has 1 aliphatic rings. The van der Waals surface area contributed by atoms with Crippen LogP contribution in [0, 0.1) is 0 Å². The highest BCUT2D eigenvalue weighted by Gasteiger charge is 2.17.